The number of benzene rings is 2. The number of fused-ring (bicyclic) bond motifs is 1. The van der Waals surface area contributed by atoms with Gasteiger partial charge in [-0.1, -0.05) is 28.3 Å². The Labute approximate surface area is 142 Å². The minimum atomic E-state index is -0.691. The molecule has 0 amide bonds. The van der Waals surface area contributed by atoms with E-state index in [4.69, 9.17) is 42.9 Å². The molecule has 0 aromatic heterocycles. The predicted octanol–water partition coefficient (Wildman–Crippen LogP) is 5.08. The van der Waals surface area contributed by atoms with Gasteiger partial charge in [0, 0.05) is 32.2 Å². The zero-order valence-corrected chi connectivity index (χ0v) is 13.5. The van der Waals surface area contributed by atoms with Crippen molar-refractivity contribution in [1.82, 2.24) is 0 Å². The van der Waals surface area contributed by atoms with Gasteiger partial charge < -0.3 is 14.2 Å². The molecule has 1 heterocycles. The first-order valence-electron chi connectivity index (χ1n) is 6.64. The van der Waals surface area contributed by atoms with Crippen molar-refractivity contribution in [3.05, 3.63) is 50.8 Å². The third kappa shape index (κ3) is 3.10. The van der Waals surface area contributed by atoms with Gasteiger partial charge in [-0.05, 0) is 29.8 Å². The van der Waals surface area contributed by atoms with Crippen molar-refractivity contribution in [2.75, 3.05) is 13.7 Å². The number of ether oxygens (including phenoxy) is 3. The number of nitrogens with zero attached hydrogens (tertiary/aromatic N) is 3. The van der Waals surface area contributed by atoms with Crippen molar-refractivity contribution in [3.8, 4) is 28.4 Å². The van der Waals surface area contributed by atoms with Gasteiger partial charge >= 0.3 is 0 Å². The van der Waals surface area contributed by atoms with Crippen LogP contribution in [0.2, 0.25) is 10.0 Å². The van der Waals surface area contributed by atoms with Crippen molar-refractivity contribution in [1.29, 1.82) is 0 Å². The fourth-order valence-electron chi connectivity index (χ4n) is 2.34. The molecular formula is C15H11Cl2N3O3. The molecular weight excluding hydrogens is 341 g/mol. The molecule has 0 saturated carbocycles. The maximum absolute atomic E-state index is 8.41. The summed E-state index contributed by atoms with van der Waals surface area (Å²) in [6, 6.07) is 8.65. The zero-order valence-electron chi connectivity index (χ0n) is 12.0. The maximum Gasteiger partial charge on any atom is 0.247 e. The highest BCUT2D eigenvalue weighted by Crippen LogP contribution is 2.47. The summed E-state index contributed by atoms with van der Waals surface area (Å²) in [6.07, 6.45) is -0.691. The van der Waals surface area contributed by atoms with Gasteiger partial charge in [0.2, 0.25) is 6.29 Å². The molecule has 2 aromatic rings. The second-order valence-corrected chi connectivity index (χ2v) is 5.58. The van der Waals surface area contributed by atoms with Crippen LogP contribution in [0.1, 0.15) is 0 Å². The summed E-state index contributed by atoms with van der Waals surface area (Å²) >= 11 is 12.3. The molecule has 3 rings (SSSR count). The van der Waals surface area contributed by atoms with E-state index in [0.29, 0.717) is 32.9 Å². The third-order valence-electron chi connectivity index (χ3n) is 3.27. The standard InChI is InChI=1S/C15H11Cl2N3O3/c1-21-12-3-2-8(16)4-10(12)11-5-9(17)6-13-15(11)23-14(22-13)7-19-20-18/h2-6,14H,7H2,1H3. The lowest BCUT2D eigenvalue weighted by atomic mass is 10.0. The van der Waals surface area contributed by atoms with Crippen LogP contribution in [0.25, 0.3) is 21.6 Å². The maximum atomic E-state index is 8.41. The van der Waals surface area contributed by atoms with Crippen LogP contribution in [0, 0.1) is 0 Å². The van der Waals surface area contributed by atoms with E-state index in [0.717, 1.165) is 5.56 Å². The van der Waals surface area contributed by atoms with E-state index < -0.39 is 6.29 Å². The summed E-state index contributed by atoms with van der Waals surface area (Å²) in [5, 5.41) is 4.50. The smallest absolute Gasteiger partial charge is 0.247 e. The first-order valence-corrected chi connectivity index (χ1v) is 7.39. The second kappa shape index (κ2) is 6.46. The van der Waals surface area contributed by atoms with Crippen LogP contribution in [0.15, 0.2) is 35.4 Å². The third-order valence-corrected chi connectivity index (χ3v) is 3.73. The molecule has 2 aromatic carbocycles. The second-order valence-electron chi connectivity index (χ2n) is 4.70. The lowest BCUT2D eigenvalue weighted by Gasteiger charge is -2.12. The molecule has 1 atom stereocenters. The Bertz CT molecular complexity index is 807. The molecule has 1 aliphatic heterocycles. The molecule has 0 N–H and O–H groups in total. The van der Waals surface area contributed by atoms with Gasteiger partial charge in [-0.15, -0.1) is 0 Å². The van der Waals surface area contributed by atoms with Crippen molar-refractivity contribution in [2.24, 2.45) is 5.11 Å². The Hall–Kier alpha value is -2.27. The molecule has 6 nitrogen and oxygen atoms in total. The van der Waals surface area contributed by atoms with Crippen LogP contribution < -0.4 is 14.2 Å². The highest BCUT2D eigenvalue weighted by molar-refractivity contribution is 6.31. The van der Waals surface area contributed by atoms with E-state index in [1.54, 1.807) is 37.4 Å². The average Bonchev–Trinajstić information content (AvgIpc) is 2.94. The van der Waals surface area contributed by atoms with Gasteiger partial charge in [0.1, 0.15) is 12.3 Å². The molecule has 0 radical (unpaired) electrons. The normalized spacial score (nSPS) is 15.2. The quantitative estimate of drug-likeness (QED) is 0.438. The van der Waals surface area contributed by atoms with Crippen LogP contribution in [0.5, 0.6) is 17.2 Å². The van der Waals surface area contributed by atoms with Crippen LogP contribution in [0.4, 0.5) is 0 Å². The Morgan fingerprint density at radius 1 is 1.17 bits per heavy atom. The SMILES string of the molecule is COc1ccc(Cl)cc1-c1cc(Cl)cc2c1OC(CN=[N+]=[N-])O2. The molecule has 1 aliphatic rings. The summed E-state index contributed by atoms with van der Waals surface area (Å²) < 4.78 is 16.7. The van der Waals surface area contributed by atoms with Crippen LogP contribution >= 0.6 is 23.2 Å². The van der Waals surface area contributed by atoms with Crippen LogP contribution in [-0.4, -0.2) is 19.9 Å². The molecule has 0 fully saturated rings. The van der Waals surface area contributed by atoms with Crippen LogP contribution in [-0.2, 0) is 0 Å². The van der Waals surface area contributed by atoms with Gasteiger partial charge in [-0.25, -0.2) is 0 Å². The minimum absolute atomic E-state index is 0.0505. The summed E-state index contributed by atoms with van der Waals surface area (Å²) in [6.45, 7) is 0.0505. The molecule has 8 heteroatoms. The van der Waals surface area contributed by atoms with Gasteiger partial charge in [-0.2, -0.15) is 0 Å². The zero-order chi connectivity index (χ0) is 16.4. The Morgan fingerprint density at radius 2 is 1.96 bits per heavy atom. The van der Waals surface area contributed by atoms with Gasteiger partial charge in [0.25, 0.3) is 0 Å². The van der Waals surface area contributed by atoms with Crippen molar-refractivity contribution < 1.29 is 14.2 Å². The fraction of sp³-hybridized carbons (Fsp3) is 0.200. The number of halogens is 2. The van der Waals surface area contributed by atoms with E-state index >= 15 is 0 Å². The summed E-state index contributed by atoms with van der Waals surface area (Å²) in [5.41, 5.74) is 9.83. The van der Waals surface area contributed by atoms with Gasteiger partial charge in [0.15, 0.2) is 11.5 Å². The van der Waals surface area contributed by atoms with E-state index in [-0.39, 0.29) is 6.54 Å². The first kappa shape index (κ1) is 15.6. The van der Waals surface area contributed by atoms with Crippen molar-refractivity contribution in [3.63, 3.8) is 0 Å². The topological polar surface area (TPSA) is 76.5 Å². The van der Waals surface area contributed by atoms with E-state index in [1.807, 2.05) is 0 Å². The number of azide groups is 1. The van der Waals surface area contributed by atoms with E-state index in [9.17, 15) is 0 Å². The summed E-state index contributed by atoms with van der Waals surface area (Å²) in [4.78, 5) is 2.70. The van der Waals surface area contributed by atoms with Gasteiger partial charge in [0.05, 0.1) is 7.11 Å². The Kier molecular flexibility index (Phi) is 4.39. The van der Waals surface area contributed by atoms with Crippen molar-refractivity contribution >= 4 is 23.2 Å². The van der Waals surface area contributed by atoms with Crippen LogP contribution in [0.3, 0.4) is 0 Å². The average molecular weight is 352 g/mol. The number of rotatable bonds is 4. The number of hydrogen-bond donors (Lipinski definition) is 0. The lowest BCUT2D eigenvalue weighted by Crippen LogP contribution is -2.21. The predicted molar refractivity (Wildman–Crippen MR) is 87.5 cm³/mol. The van der Waals surface area contributed by atoms with E-state index in [2.05, 4.69) is 10.0 Å². The molecule has 0 bridgehead atoms. The molecule has 1 unspecified atom stereocenters. The lowest BCUT2D eigenvalue weighted by molar-refractivity contribution is 0.0584. The molecule has 0 saturated heterocycles. The molecule has 0 spiro atoms. The number of hydrogen-bond acceptors (Lipinski definition) is 4. The molecule has 118 valence electrons. The highest BCUT2D eigenvalue weighted by atomic mass is 35.5. The summed E-state index contributed by atoms with van der Waals surface area (Å²) in [7, 11) is 1.57. The minimum Gasteiger partial charge on any atom is -0.496 e. The Balaban J connectivity index is 2.09. The Morgan fingerprint density at radius 3 is 2.70 bits per heavy atom. The molecule has 23 heavy (non-hydrogen) atoms. The summed E-state index contributed by atoms with van der Waals surface area (Å²) in [5.74, 6) is 1.61. The van der Waals surface area contributed by atoms with Gasteiger partial charge in [-0.3, -0.25) is 0 Å². The van der Waals surface area contributed by atoms with Crippen molar-refractivity contribution in [2.45, 2.75) is 6.29 Å². The molecule has 0 aliphatic carbocycles. The highest BCUT2D eigenvalue weighted by Gasteiger charge is 2.28. The number of methoxy groups -OCH3 is 1. The monoisotopic (exact) mass is 351 g/mol. The first-order chi connectivity index (χ1) is 11.1. The fourth-order valence-corrected chi connectivity index (χ4v) is 2.72. The van der Waals surface area contributed by atoms with E-state index in [1.165, 1.54) is 0 Å². The largest absolute Gasteiger partial charge is 0.496 e.